The van der Waals surface area contributed by atoms with Crippen LogP contribution in [0.2, 0.25) is 0 Å². The standard InChI is InChI=1S/C22H22N2O4S2/c1-15-20-11-13-29-21(20)10-12-24(15)22(25)16-4-3-5-19(14-16)30(26,27)23-17-6-8-18(28-2)9-7-17/h3-9,11,13-15,23H,10,12H2,1-2H3/t15-/m0/s1. The quantitative estimate of drug-likeness (QED) is 0.639. The van der Waals surface area contributed by atoms with Gasteiger partial charge in [-0.15, -0.1) is 11.3 Å². The van der Waals surface area contributed by atoms with Gasteiger partial charge in [-0.05, 0) is 72.8 Å². The first kappa shape index (κ1) is 20.4. The molecule has 0 unspecified atom stereocenters. The lowest BCUT2D eigenvalue weighted by Gasteiger charge is -2.33. The summed E-state index contributed by atoms with van der Waals surface area (Å²) in [7, 11) is -2.29. The lowest BCUT2D eigenvalue weighted by atomic mass is 10.0. The van der Waals surface area contributed by atoms with Crippen LogP contribution in [0.3, 0.4) is 0 Å². The maximum atomic E-state index is 13.2. The van der Waals surface area contributed by atoms with Crippen molar-refractivity contribution < 1.29 is 17.9 Å². The Morgan fingerprint density at radius 3 is 2.67 bits per heavy atom. The second kappa shape index (κ2) is 8.12. The number of hydrogen-bond acceptors (Lipinski definition) is 5. The summed E-state index contributed by atoms with van der Waals surface area (Å²) in [5.74, 6) is 0.468. The van der Waals surface area contributed by atoms with E-state index in [1.807, 2.05) is 12.3 Å². The molecule has 6 nitrogen and oxygen atoms in total. The molecule has 0 fully saturated rings. The molecule has 0 saturated heterocycles. The zero-order valence-electron chi connectivity index (χ0n) is 16.7. The average Bonchev–Trinajstić information content (AvgIpc) is 3.24. The molecule has 1 atom stereocenters. The van der Waals surface area contributed by atoms with Crippen molar-refractivity contribution >= 4 is 33.0 Å². The number of rotatable bonds is 5. The van der Waals surface area contributed by atoms with Crippen LogP contribution in [-0.4, -0.2) is 32.9 Å². The number of methoxy groups -OCH3 is 1. The summed E-state index contributed by atoms with van der Waals surface area (Å²) in [4.78, 5) is 16.3. The van der Waals surface area contributed by atoms with Gasteiger partial charge in [-0.2, -0.15) is 0 Å². The zero-order chi connectivity index (χ0) is 21.3. The lowest BCUT2D eigenvalue weighted by Crippen LogP contribution is -2.38. The Morgan fingerprint density at radius 1 is 1.17 bits per heavy atom. The highest BCUT2D eigenvalue weighted by atomic mass is 32.2. The van der Waals surface area contributed by atoms with Crippen molar-refractivity contribution in [2.75, 3.05) is 18.4 Å². The lowest BCUT2D eigenvalue weighted by molar-refractivity contribution is 0.0679. The van der Waals surface area contributed by atoms with Crippen molar-refractivity contribution in [3.63, 3.8) is 0 Å². The number of nitrogens with zero attached hydrogens (tertiary/aromatic N) is 1. The number of benzene rings is 2. The number of amides is 1. The Hall–Kier alpha value is -2.84. The average molecular weight is 443 g/mol. The predicted molar refractivity (Wildman–Crippen MR) is 118 cm³/mol. The maximum absolute atomic E-state index is 13.2. The molecule has 0 radical (unpaired) electrons. The molecule has 8 heteroatoms. The van der Waals surface area contributed by atoms with Gasteiger partial charge in [0.2, 0.25) is 0 Å². The number of ether oxygens (including phenoxy) is 1. The highest BCUT2D eigenvalue weighted by Gasteiger charge is 2.29. The van der Waals surface area contributed by atoms with E-state index in [9.17, 15) is 13.2 Å². The fourth-order valence-corrected chi connectivity index (χ4v) is 5.69. The summed E-state index contributed by atoms with van der Waals surface area (Å²) in [5, 5.41) is 2.05. The molecule has 2 aromatic carbocycles. The Labute approximate surface area is 180 Å². The van der Waals surface area contributed by atoms with E-state index in [1.54, 1.807) is 59.7 Å². The minimum Gasteiger partial charge on any atom is -0.497 e. The Kier molecular flexibility index (Phi) is 5.53. The van der Waals surface area contributed by atoms with Crippen molar-refractivity contribution in [2.45, 2.75) is 24.3 Å². The highest BCUT2D eigenvalue weighted by molar-refractivity contribution is 7.92. The first-order valence-corrected chi connectivity index (χ1v) is 11.9. The second-order valence-corrected chi connectivity index (χ2v) is 9.77. The van der Waals surface area contributed by atoms with Gasteiger partial charge in [0.25, 0.3) is 15.9 Å². The molecule has 0 spiro atoms. The molecule has 1 N–H and O–H groups in total. The van der Waals surface area contributed by atoms with Crippen LogP contribution in [-0.2, 0) is 16.4 Å². The third-order valence-electron chi connectivity index (χ3n) is 5.27. The van der Waals surface area contributed by atoms with Crippen LogP contribution in [0.1, 0.15) is 33.8 Å². The van der Waals surface area contributed by atoms with E-state index in [2.05, 4.69) is 10.8 Å². The number of thiophene rings is 1. The van der Waals surface area contributed by atoms with Crippen molar-refractivity contribution in [2.24, 2.45) is 0 Å². The molecule has 1 amide bonds. The van der Waals surface area contributed by atoms with Crippen LogP contribution in [0.25, 0.3) is 0 Å². The summed E-state index contributed by atoms with van der Waals surface area (Å²) < 4.78 is 33.3. The molecular formula is C22H22N2O4S2. The summed E-state index contributed by atoms with van der Waals surface area (Å²) in [6.07, 6.45) is 0.820. The molecule has 3 aromatic rings. The Morgan fingerprint density at radius 2 is 1.93 bits per heavy atom. The van der Waals surface area contributed by atoms with Gasteiger partial charge >= 0.3 is 0 Å². The van der Waals surface area contributed by atoms with E-state index in [4.69, 9.17) is 4.74 Å². The van der Waals surface area contributed by atoms with Crippen LogP contribution in [0.4, 0.5) is 5.69 Å². The third kappa shape index (κ3) is 3.93. The summed E-state index contributed by atoms with van der Waals surface area (Å²) in [5.41, 5.74) is 1.95. The number of hydrogen-bond donors (Lipinski definition) is 1. The molecule has 2 heterocycles. The smallest absolute Gasteiger partial charge is 0.261 e. The van der Waals surface area contributed by atoms with Gasteiger partial charge in [0.15, 0.2) is 0 Å². The van der Waals surface area contributed by atoms with Crippen molar-refractivity contribution in [1.29, 1.82) is 0 Å². The Bertz CT molecular complexity index is 1170. The van der Waals surface area contributed by atoms with Crippen LogP contribution in [0, 0.1) is 0 Å². The van der Waals surface area contributed by atoms with Crippen molar-refractivity contribution in [3.8, 4) is 5.75 Å². The molecule has 30 heavy (non-hydrogen) atoms. The van der Waals surface area contributed by atoms with E-state index in [0.717, 1.165) is 6.42 Å². The molecule has 156 valence electrons. The number of carbonyl (C=O) groups excluding carboxylic acids is 1. The minimum atomic E-state index is -3.83. The molecular weight excluding hydrogens is 420 g/mol. The Balaban J connectivity index is 1.56. The SMILES string of the molecule is COc1ccc(NS(=O)(=O)c2cccc(C(=O)N3CCc4sccc4[C@@H]3C)c2)cc1. The van der Waals surface area contributed by atoms with Gasteiger partial charge in [0.05, 0.1) is 18.0 Å². The third-order valence-corrected chi connectivity index (χ3v) is 7.65. The number of nitrogens with one attached hydrogen (secondary N) is 1. The largest absolute Gasteiger partial charge is 0.497 e. The van der Waals surface area contributed by atoms with Gasteiger partial charge in [0.1, 0.15) is 5.75 Å². The summed E-state index contributed by atoms with van der Waals surface area (Å²) in [6.45, 7) is 2.63. The minimum absolute atomic E-state index is 0.0369. The summed E-state index contributed by atoms with van der Waals surface area (Å²) in [6, 6.07) is 14.8. The van der Waals surface area contributed by atoms with E-state index in [-0.39, 0.29) is 16.8 Å². The number of anilines is 1. The van der Waals surface area contributed by atoms with Gasteiger partial charge in [-0.25, -0.2) is 8.42 Å². The normalized spacial score (nSPS) is 16.1. The number of carbonyl (C=O) groups is 1. The van der Waals surface area contributed by atoms with Crippen LogP contribution in [0.15, 0.2) is 64.9 Å². The molecule has 1 aliphatic heterocycles. The van der Waals surface area contributed by atoms with Crippen LogP contribution in [0.5, 0.6) is 5.75 Å². The monoisotopic (exact) mass is 442 g/mol. The molecule has 0 aliphatic carbocycles. The van der Waals surface area contributed by atoms with E-state index in [1.165, 1.54) is 22.6 Å². The topological polar surface area (TPSA) is 75.7 Å². The first-order chi connectivity index (χ1) is 14.4. The van der Waals surface area contributed by atoms with E-state index < -0.39 is 10.0 Å². The van der Waals surface area contributed by atoms with Gasteiger partial charge in [0, 0.05) is 22.7 Å². The fourth-order valence-electron chi connectivity index (χ4n) is 3.62. The van der Waals surface area contributed by atoms with Gasteiger partial charge in [-0.3, -0.25) is 9.52 Å². The number of sulfonamides is 1. The number of fused-ring (bicyclic) bond motifs is 1. The summed E-state index contributed by atoms with van der Waals surface area (Å²) >= 11 is 1.71. The highest BCUT2D eigenvalue weighted by Crippen LogP contribution is 2.34. The second-order valence-electron chi connectivity index (χ2n) is 7.09. The zero-order valence-corrected chi connectivity index (χ0v) is 18.3. The maximum Gasteiger partial charge on any atom is 0.261 e. The van der Waals surface area contributed by atoms with Crippen LogP contribution < -0.4 is 9.46 Å². The molecule has 0 bridgehead atoms. The molecule has 1 aromatic heterocycles. The van der Waals surface area contributed by atoms with E-state index in [0.29, 0.717) is 23.5 Å². The fraction of sp³-hybridized carbons (Fsp3) is 0.227. The van der Waals surface area contributed by atoms with Gasteiger partial charge < -0.3 is 9.64 Å². The molecule has 0 saturated carbocycles. The molecule has 4 rings (SSSR count). The first-order valence-electron chi connectivity index (χ1n) is 9.53. The van der Waals surface area contributed by atoms with Crippen molar-refractivity contribution in [3.05, 3.63) is 76.0 Å². The molecule has 1 aliphatic rings. The predicted octanol–water partition coefficient (Wildman–Crippen LogP) is 4.32. The van der Waals surface area contributed by atoms with Crippen molar-refractivity contribution in [1.82, 2.24) is 4.90 Å². The van der Waals surface area contributed by atoms with Gasteiger partial charge in [-0.1, -0.05) is 6.07 Å². The van der Waals surface area contributed by atoms with E-state index >= 15 is 0 Å². The van der Waals surface area contributed by atoms with Crippen LogP contribution >= 0.6 is 11.3 Å².